The molecule has 0 saturated carbocycles. The largest absolute Gasteiger partial charge is 0.363 e. The van der Waals surface area contributed by atoms with E-state index in [-0.39, 0.29) is 12.2 Å². The number of aromatic nitrogens is 3. The number of anilines is 4. The van der Waals surface area contributed by atoms with Crippen LogP contribution in [0, 0.1) is 0 Å². The molecule has 2 aliphatic rings. The number of pyridine rings is 3. The Balaban J connectivity index is 1.47. The summed E-state index contributed by atoms with van der Waals surface area (Å²) in [4.78, 5) is 32.4. The summed E-state index contributed by atoms with van der Waals surface area (Å²) < 4.78 is 0. The van der Waals surface area contributed by atoms with Crippen LogP contribution in [-0.4, -0.2) is 47.8 Å². The minimum absolute atomic E-state index is 0.00528. The maximum atomic E-state index is 13.0. The van der Waals surface area contributed by atoms with E-state index < -0.39 is 0 Å². The molecule has 2 aliphatic heterocycles. The van der Waals surface area contributed by atoms with Crippen LogP contribution in [0.2, 0.25) is 0 Å². The SMILES string of the molecule is CN(C)c1ccc(-c2ccc3c(n2)N(C(=O)Nc2ccccn2)[C@H]2CCN32)cn1. The summed E-state index contributed by atoms with van der Waals surface area (Å²) in [6, 6.07) is 13.2. The minimum Gasteiger partial charge on any atom is -0.363 e. The molecule has 2 amide bonds. The molecule has 29 heavy (non-hydrogen) atoms. The Morgan fingerprint density at radius 3 is 2.69 bits per heavy atom. The third-order valence-corrected chi connectivity index (χ3v) is 5.30. The maximum absolute atomic E-state index is 13.0. The zero-order chi connectivity index (χ0) is 20.0. The molecule has 0 aliphatic carbocycles. The highest BCUT2D eigenvalue weighted by atomic mass is 16.2. The molecule has 1 N–H and O–H groups in total. The zero-order valence-electron chi connectivity index (χ0n) is 16.3. The van der Waals surface area contributed by atoms with Gasteiger partial charge in [0.2, 0.25) is 0 Å². The molecule has 146 valence electrons. The minimum atomic E-state index is -0.220. The molecule has 1 atom stereocenters. The first-order valence-corrected chi connectivity index (χ1v) is 9.54. The van der Waals surface area contributed by atoms with Crippen molar-refractivity contribution in [3.05, 3.63) is 54.9 Å². The van der Waals surface area contributed by atoms with Crippen LogP contribution in [0.3, 0.4) is 0 Å². The van der Waals surface area contributed by atoms with Gasteiger partial charge in [0, 0.05) is 45.0 Å². The van der Waals surface area contributed by atoms with Gasteiger partial charge in [0.15, 0.2) is 5.82 Å². The Kier molecular flexibility index (Phi) is 4.04. The molecule has 3 aromatic rings. The monoisotopic (exact) mass is 387 g/mol. The highest BCUT2D eigenvalue weighted by Crippen LogP contribution is 2.45. The molecule has 3 aromatic heterocycles. The highest BCUT2D eigenvalue weighted by molar-refractivity contribution is 6.06. The molecule has 0 unspecified atom stereocenters. The van der Waals surface area contributed by atoms with Gasteiger partial charge in [0.25, 0.3) is 0 Å². The van der Waals surface area contributed by atoms with Crippen LogP contribution in [-0.2, 0) is 0 Å². The number of carbonyl (C=O) groups excluding carboxylic acids is 1. The summed E-state index contributed by atoms with van der Waals surface area (Å²) in [6.45, 7) is 0.922. The van der Waals surface area contributed by atoms with Crippen LogP contribution < -0.4 is 20.0 Å². The van der Waals surface area contributed by atoms with Crippen LogP contribution in [0.25, 0.3) is 11.3 Å². The number of nitrogens with one attached hydrogen (secondary N) is 1. The van der Waals surface area contributed by atoms with Crippen LogP contribution in [0.1, 0.15) is 6.42 Å². The van der Waals surface area contributed by atoms with Crippen molar-refractivity contribution in [2.45, 2.75) is 12.6 Å². The van der Waals surface area contributed by atoms with Crippen LogP contribution >= 0.6 is 0 Å². The van der Waals surface area contributed by atoms with Crippen LogP contribution in [0.5, 0.6) is 0 Å². The summed E-state index contributed by atoms with van der Waals surface area (Å²) in [7, 11) is 3.91. The summed E-state index contributed by atoms with van der Waals surface area (Å²) in [5, 5.41) is 2.88. The third kappa shape index (κ3) is 2.93. The van der Waals surface area contributed by atoms with Gasteiger partial charge in [-0.15, -0.1) is 0 Å². The lowest BCUT2D eigenvalue weighted by molar-refractivity contribution is 0.252. The molecule has 1 fully saturated rings. The number of hydrogen-bond donors (Lipinski definition) is 1. The molecule has 1 saturated heterocycles. The smallest absolute Gasteiger partial charge is 0.330 e. The van der Waals surface area contributed by atoms with Gasteiger partial charge in [-0.25, -0.2) is 19.7 Å². The second-order valence-electron chi connectivity index (χ2n) is 7.32. The summed E-state index contributed by atoms with van der Waals surface area (Å²) in [6.07, 6.45) is 4.39. The van der Waals surface area contributed by atoms with Crippen molar-refractivity contribution in [3.63, 3.8) is 0 Å². The molecule has 8 nitrogen and oxygen atoms in total. The van der Waals surface area contributed by atoms with Crippen molar-refractivity contribution >= 4 is 29.2 Å². The highest BCUT2D eigenvalue weighted by Gasteiger charge is 2.46. The topological polar surface area (TPSA) is 77.5 Å². The molecular formula is C21H21N7O. The van der Waals surface area contributed by atoms with Gasteiger partial charge in [-0.05, 0) is 36.4 Å². The molecule has 5 rings (SSSR count). The number of rotatable bonds is 3. The van der Waals surface area contributed by atoms with Gasteiger partial charge in [-0.1, -0.05) is 6.07 Å². The maximum Gasteiger partial charge on any atom is 0.330 e. The molecular weight excluding hydrogens is 366 g/mol. The zero-order valence-corrected chi connectivity index (χ0v) is 16.3. The molecule has 0 bridgehead atoms. The second-order valence-corrected chi connectivity index (χ2v) is 7.32. The fourth-order valence-electron chi connectivity index (χ4n) is 3.71. The molecule has 8 heteroatoms. The average Bonchev–Trinajstić information content (AvgIpc) is 2.94. The third-order valence-electron chi connectivity index (χ3n) is 5.30. The van der Waals surface area contributed by atoms with E-state index in [1.807, 2.05) is 61.6 Å². The Morgan fingerprint density at radius 2 is 2.03 bits per heavy atom. The number of hydrogen-bond acceptors (Lipinski definition) is 6. The molecule has 5 heterocycles. The number of carbonyl (C=O) groups is 1. The number of urea groups is 1. The van der Waals surface area contributed by atoms with E-state index in [4.69, 9.17) is 4.98 Å². The van der Waals surface area contributed by atoms with E-state index in [0.29, 0.717) is 11.6 Å². The van der Waals surface area contributed by atoms with Gasteiger partial charge >= 0.3 is 6.03 Å². The Labute approximate surface area is 168 Å². The van der Waals surface area contributed by atoms with Gasteiger partial charge < -0.3 is 9.80 Å². The van der Waals surface area contributed by atoms with Crippen molar-refractivity contribution < 1.29 is 4.79 Å². The van der Waals surface area contributed by atoms with Crippen molar-refractivity contribution in [1.82, 2.24) is 15.0 Å². The molecule has 0 aromatic carbocycles. The van der Waals surface area contributed by atoms with E-state index >= 15 is 0 Å². The normalized spacial score (nSPS) is 16.7. The Morgan fingerprint density at radius 1 is 1.14 bits per heavy atom. The predicted octanol–water partition coefficient (Wildman–Crippen LogP) is 3.19. The quantitative estimate of drug-likeness (QED) is 0.744. The summed E-state index contributed by atoms with van der Waals surface area (Å²) in [5.74, 6) is 2.09. The van der Waals surface area contributed by atoms with E-state index in [1.54, 1.807) is 17.2 Å². The number of nitrogens with zero attached hydrogens (tertiary/aromatic N) is 6. The van der Waals surface area contributed by atoms with Gasteiger partial charge in [-0.2, -0.15) is 0 Å². The molecule has 0 spiro atoms. The van der Waals surface area contributed by atoms with E-state index in [9.17, 15) is 4.79 Å². The van der Waals surface area contributed by atoms with Crippen molar-refractivity contribution in [3.8, 4) is 11.3 Å². The lowest BCUT2D eigenvalue weighted by atomic mass is 10.1. The van der Waals surface area contributed by atoms with Crippen LogP contribution in [0.15, 0.2) is 54.9 Å². The lowest BCUT2D eigenvalue weighted by Gasteiger charge is -2.39. The van der Waals surface area contributed by atoms with Crippen LogP contribution in [0.4, 0.5) is 27.9 Å². The van der Waals surface area contributed by atoms with Gasteiger partial charge in [0.1, 0.15) is 17.8 Å². The van der Waals surface area contributed by atoms with Crippen molar-refractivity contribution in [2.75, 3.05) is 40.7 Å². The first-order chi connectivity index (χ1) is 14.1. The van der Waals surface area contributed by atoms with Crippen molar-refractivity contribution in [1.29, 1.82) is 0 Å². The lowest BCUT2D eigenvalue weighted by Crippen LogP contribution is -2.56. The van der Waals surface area contributed by atoms with Gasteiger partial charge in [-0.3, -0.25) is 10.2 Å². The summed E-state index contributed by atoms with van der Waals surface area (Å²) >= 11 is 0. The van der Waals surface area contributed by atoms with Crippen molar-refractivity contribution in [2.24, 2.45) is 0 Å². The predicted molar refractivity (Wildman–Crippen MR) is 113 cm³/mol. The number of amides is 2. The Bertz CT molecular complexity index is 1050. The number of fused-ring (bicyclic) bond motifs is 3. The first-order valence-electron chi connectivity index (χ1n) is 9.54. The molecule has 0 radical (unpaired) electrons. The van der Waals surface area contributed by atoms with E-state index in [0.717, 1.165) is 35.7 Å². The Hall–Kier alpha value is -3.68. The second kappa shape index (κ2) is 6.73. The van der Waals surface area contributed by atoms with E-state index in [1.165, 1.54) is 0 Å². The van der Waals surface area contributed by atoms with E-state index in [2.05, 4.69) is 20.2 Å². The summed E-state index contributed by atoms with van der Waals surface area (Å²) in [5.41, 5.74) is 2.69. The first kappa shape index (κ1) is 17.4. The standard InChI is InChI=1S/C21H21N7O/c1-26(2)18-9-6-14(13-23-18)15-7-8-16-20(24-15)28(19-10-12-27(16)19)21(29)25-17-5-3-4-11-22-17/h3-9,11,13,19H,10,12H2,1-2H3,(H,22,25,29)/t19-/m0/s1. The fraction of sp³-hybridized carbons (Fsp3) is 0.238. The fourth-order valence-corrected chi connectivity index (χ4v) is 3.71. The average molecular weight is 387 g/mol. The van der Waals surface area contributed by atoms with Gasteiger partial charge in [0.05, 0.1) is 11.4 Å².